The van der Waals surface area contributed by atoms with Gasteiger partial charge < -0.3 is 5.73 Å². The maximum Gasteiger partial charge on any atom is 0.0312 e. The second kappa shape index (κ2) is 6.23. The Morgan fingerprint density at radius 3 is 2.60 bits per heavy atom. The van der Waals surface area contributed by atoms with E-state index in [0.29, 0.717) is 6.54 Å². The van der Waals surface area contributed by atoms with Gasteiger partial charge in [-0.15, -0.1) is 0 Å². The molecule has 1 rings (SSSR count). The fourth-order valence-electron chi connectivity index (χ4n) is 0.519. The molecule has 1 aromatic heterocycles. The summed E-state index contributed by atoms with van der Waals surface area (Å²) in [6, 6.07) is 3.83. The van der Waals surface area contributed by atoms with E-state index >= 15 is 0 Å². The smallest absolute Gasteiger partial charge is 0.0312 e. The standard InChI is InChI=1S/C6H8N2.C2H6.H2/c7-4-6-2-1-3-8-5-6;1-2;/h1-3,5H,4,7H2;1-2H3;1H. The van der Waals surface area contributed by atoms with Crippen molar-refractivity contribution < 1.29 is 1.43 Å². The van der Waals surface area contributed by atoms with Gasteiger partial charge in [0.25, 0.3) is 0 Å². The van der Waals surface area contributed by atoms with E-state index in [1.807, 2.05) is 26.0 Å². The molecule has 10 heavy (non-hydrogen) atoms. The Kier molecular flexibility index (Phi) is 5.68. The van der Waals surface area contributed by atoms with Crippen molar-refractivity contribution in [3.63, 3.8) is 0 Å². The Balaban J connectivity index is 0. The van der Waals surface area contributed by atoms with Crippen LogP contribution in [0.25, 0.3) is 0 Å². The number of rotatable bonds is 1. The molecule has 0 aromatic carbocycles. The number of nitrogens with zero attached hydrogens (tertiary/aromatic N) is 1. The van der Waals surface area contributed by atoms with E-state index in [4.69, 9.17) is 5.73 Å². The van der Waals surface area contributed by atoms with Gasteiger partial charge in [-0.3, -0.25) is 4.98 Å². The topological polar surface area (TPSA) is 38.9 Å². The minimum atomic E-state index is 0. The third-order valence-corrected chi connectivity index (χ3v) is 0.958. The number of hydrogen-bond acceptors (Lipinski definition) is 2. The Morgan fingerprint density at radius 2 is 2.30 bits per heavy atom. The number of aromatic nitrogens is 1. The second-order valence-corrected chi connectivity index (χ2v) is 1.57. The Bertz CT molecular complexity index is 153. The predicted molar refractivity (Wildman–Crippen MR) is 45.6 cm³/mol. The lowest BCUT2D eigenvalue weighted by Gasteiger charge is -1.89. The number of nitrogens with two attached hydrogens (primary N) is 1. The first-order chi connectivity index (χ1) is 4.93. The normalized spacial score (nSPS) is 7.90. The molecule has 0 unspecified atom stereocenters. The van der Waals surface area contributed by atoms with Crippen LogP contribution >= 0.6 is 0 Å². The summed E-state index contributed by atoms with van der Waals surface area (Å²) in [5.41, 5.74) is 6.39. The van der Waals surface area contributed by atoms with Gasteiger partial charge in [0.05, 0.1) is 0 Å². The molecular weight excluding hydrogens is 124 g/mol. The molecule has 0 atom stereocenters. The molecule has 0 fully saturated rings. The largest absolute Gasteiger partial charge is 0.326 e. The van der Waals surface area contributed by atoms with Crippen molar-refractivity contribution in [2.75, 3.05) is 0 Å². The molecule has 0 aliphatic heterocycles. The zero-order chi connectivity index (χ0) is 7.82. The predicted octanol–water partition coefficient (Wildman–Crippen LogP) is 1.81. The molecule has 1 heterocycles. The van der Waals surface area contributed by atoms with E-state index in [9.17, 15) is 0 Å². The van der Waals surface area contributed by atoms with Gasteiger partial charge >= 0.3 is 0 Å². The highest BCUT2D eigenvalue weighted by molar-refractivity contribution is 5.06. The maximum absolute atomic E-state index is 5.31. The highest BCUT2D eigenvalue weighted by Gasteiger charge is 1.81. The quantitative estimate of drug-likeness (QED) is 0.646. The molecule has 1 aromatic rings. The first-order valence-corrected chi connectivity index (χ1v) is 3.52. The van der Waals surface area contributed by atoms with Gasteiger partial charge in [-0.25, -0.2) is 0 Å². The highest BCUT2D eigenvalue weighted by Crippen LogP contribution is 1.90. The molecule has 0 saturated heterocycles. The Labute approximate surface area is 63.6 Å². The van der Waals surface area contributed by atoms with Crippen LogP contribution in [0.5, 0.6) is 0 Å². The summed E-state index contributed by atoms with van der Waals surface area (Å²) < 4.78 is 0. The maximum atomic E-state index is 5.31. The van der Waals surface area contributed by atoms with Gasteiger partial charge in [-0.05, 0) is 11.6 Å². The van der Waals surface area contributed by atoms with Crippen LogP contribution < -0.4 is 5.73 Å². The van der Waals surface area contributed by atoms with Crippen molar-refractivity contribution in [2.45, 2.75) is 20.4 Å². The Hall–Kier alpha value is -0.890. The first kappa shape index (κ1) is 9.11. The zero-order valence-electron chi connectivity index (χ0n) is 6.54. The third-order valence-electron chi connectivity index (χ3n) is 0.958. The number of pyridine rings is 1. The van der Waals surface area contributed by atoms with Crippen molar-refractivity contribution in [1.82, 2.24) is 4.98 Å². The molecule has 2 nitrogen and oxygen atoms in total. The molecule has 0 aliphatic carbocycles. The van der Waals surface area contributed by atoms with Crippen molar-refractivity contribution >= 4 is 0 Å². The fourth-order valence-corrected chi connectivity index (χ4v) is 0.519. The van der Waals surface area contributed by atoms with Gasteiger partial charge in [0.15, 0.2) is 0 Å². The highest BCUT2D eigenvalue weighted by atomic mass is 14.6. The summed E-state index contributed by atoms with van der Waals surface area (Å²) in [4.78, 5) is 3.88. The molecule has 0 amide bonds. The molecule has 2 heteroatoms. The molecule has 0 bridgehead atoms. The summed E-state index contributed by atoms with van der Waals surface area (Å²) in [6.07, 6.45) is 3.50. The summed E-state index contributed by atoms with van der Waals surface area (Å²) in [5, 5.41) is 0. The monoisotopic (exact) mass is 140 g/mol. The van der Waals surface area contributed by atoms with Crippen LogP contribution in [-0.4, -0.2) is 4.98 Å². The van der Waals surface area contributed by atoms with E-state index in [0.717, 1.165) is 5.56 Å². The van der Waals surface area contributed by atoms with Crippen LogP contribution in [-0.2, 0) is 6.54 Å². The molecule has 2 N–H and O–H groups in total. The average molecular weight is 140 g/mol. The summed E-state index contributed by atoms with van der Waals surface area (Å²) in [5.74, 6) is 0. The molecule has 0 radical (unpaired) electrons. The van der Waals surface area contributed by atoms with Gasteiger partial charge in [0.1, 0.15) is 0 Å². The van der Waals surface area contributed by atoms with E-state index in [-0.39, 0.29) is 1.43 Å². The Morgan fingerprint density at radius 1 is 1.60 bits per heavy atom. The van der Waals surface area contributed by atoms with Crippen molar-refractivity contribution in [1.29, 1.82) is 0 Å². The molecule has 0 spiro atoms. The van der Waals surface area contributed by atoms with Crippen LogP contribution in [0.3, 0.4) is 0 Å². The van der Waals surface area contributed by atoms with Crippen LogP contribution in [0.4, 0.5) is 0 Å². The van der Waals surface area contributed by atoms with E-state index in [1.54, 1.807) is 12.4 Å². The lowest BCUT2D eigenvalue weighted by atomic mass is 10.3. The van der Waals surface area contributed by atoms with E-state index < -0.39 is 0 Å². The zero-order valence-corrected chi connectivity index (χ0v) is 6.54. The average Bonchev–Trinajstić information content (AvgIpc) is 2.10. The molecular formula is C8H16N2. The van der Waals surface area contributed by atoms with E-state index in [2.05, 4.69) is 4.98 Å². The first-order valence-electron chi connectivity index (χ1n) is 3.52. The molecule has 0 aliphatic rings. The lowest BCUT2D eigenvalue weighted by Crippen LogP contribution is -1.95. The fraction of sp³-hybridized carbons (Fsp3) is 0.375. The summed E-state index contributed by atoms with van der Waals surface area (Å²) >= 11 is 0. The lowest BCUT2D eigenvalue weighted by molar-refractivity contribution is 1.05. The third kappa shape index (κ3) is 3.20. The summed E-state index contributed by atoms with van der Waals surface area (Å²) in [6.45, 7) is 4.58. The van der Waals surface area contributed by atoms with Crippen LogP contribution in [0.1, 0.15) is 20.8 Å². The number of hydrogen-bond donors (Lipinski definition) is 1. The van der Waals surface area contributed by atoms with Gasteiger partial charge in [0, 0.05) is 20.4 Å². The molecule has 58 valence electrons. The second-order valence-electron chi connectivity index (χ2n) is 1.57. The van der Waals surface area contributed by atoms with Crippen molar-refractivity contribution in [3.8, 4) is 0 Å². The van der Waals surface area contributed by atoms with Crippen LogP contribution in [0.15, 0.2) is 24.5 Å². The summed E-state index contributed by atoms with van der Waals surface area (Å²) in [7, 11) is 0. The van der Waals surface area contributed by atoms with Gasteiger partial charge in [-0.1, -0.05) is 19.9 Å². The van der Waals surface area contributed by atoms with Crippen LogP contribution in [0, 0.1) is 0 Å². The minimum Gasteiger partial charge on any atom is -0.326 e. The van der Waals surface area contributed by atoms with Crippen molar-refractivity contribution in [2.24, 2.45) is 5.73 Å². The minimum absolute atomic E-state index is 0. The SMILES string of the molecule is CC.NCc1cccnc1.[HH]. The van der Waals surface area contributed by atoms with E-state index in [1.165, 1.54) is 0 Å². The molecule has 0 saturated carbocycles. The van der Waals surface area contributed by atoms with Gasteiger partial charge in [0.2, 0.25) is 0 Å². The van der Waals surface area contributed by atoms with Crippen LogP contribution in [0.2, 0.25) is 0 Å². The van der Waals surface area contributed by atoms with Crippen molar-refractivity contribution in [3.05, 3.63) is 30.1 Å². The van der Waals surface area contributed by atoms with Gasteiger partial charge in [-0.2, -0.15) is 0 Å².